The minimum absolute atomic E-state index is 0.00978. The summed E-state index contributed by atoms with van der Waals surface area (Å²) in [5.41, 5.74) is -0.436. The second-order valence-corrected chi connectivity index (χ2v) is 5.67. The van der Waals surface area contributed by atoms with E-state index in [2.05, 4.69) is 0 Å². The molecule has 2 heterocycles. The Morgan fingerprint density at radius 3 is 2.04 bits per heavy atom. The molecule has 2 aromatic rings. The van der Waals surface area contributed by atoms with Gasteiger partial charge in [0.05, 0.1) is 17.4 Å². The van der Waals surface area contributed by atoms with E-state index >= 15 is 0 Å². The molecule has 1 aromatic carbocycles. The molecule has 0 unspecified atom stereocenters. The Labute approximate surface area is 141 Å². The first-order chi connectivity index (χ1) is 11.9. The summed E-state index contributed by atoms with van der Waals surface area (Å²) in [4.78, 5) is 27.7. The molecular weight excluding hydrogens is 337 g/mol. The monoisotopic (exact) mass is 352 g/mol. The molecule has 0 bridgehead atoms. The van der Waals surface area contributed by atoms with Crippen LogP contribution >= 0.6 is 0 Å². The van der Waals surface area contributed by atoms with Crippen LogP contribution in [0.5, 0.6) is 0 Å². The number of halogens is 3. The number of hydrogen-bond acceptors (Lipinski definition) is 3. The lowest BCUT2D eigenvalue weighted by Crippen LogP contribution is -2.50. The molecule has 0 radical (unpaired) electrons. The van der Waals surface area contributed by atoms with Crippen LogP contribution in [0.15, 0.2) is 47.3 Å². The third-order valence-corrected chi connectivity index (χ3v) is 4.06. The van der Waals surface area contributed by atoms with Crippen molar-refractivity contribution < 1.29 is 27.2 Å². The molecule has 132 valence electrons. The summed E-state index contributed by atoms with van der Waals surface area (Å²) < 4.78 is 43.2. The minimum Gasteiger partial charge on any atom is -0.472 e. The molecule has 2 amide bonds. The SMILES string of the molecule is O=C(c1ccoc1)N1CCN(C(=O)c2cccc(C(F)(F)F)c2)CC1. The van der Waals surface area contributed by atoms with Gasteiger partial charge in [0.2, 0.25) is 0 Å². The van der Waals surface area contributed by atoms with Crippen molar-refractivity contribution in [3.05, 3.63) is 59.5 Å². The number of carbonyl (C=O) groups is 2. The van der Waals surface area contributed by atoms with E-state index in [0.717, 1.165) is 12.1 Å². The summed E-state index contributed by atoms with van der Waals surface area (Å²) in [7, 11) is 0. The van der Waals surface area contributed by atoms with Crippen molar-refractivity contribution in [1.29, 1.82) is 0 Å². The Kier molecular flexibility index (Phi) is 4.52. The molecule has 0 spiro atoms. The van der Waals surface area contributed by atoms with Gasteiger partial charge in [-0.1, -0.05) is 6.07 Å². The smallest absolute Gasteiger partial charge is 0.416 e. The zero-order chi connectivity index (χ0) is 18.0. The molecule has 0 atom stereocenters. The minimum atomic E-state index is -4.49. The summed E-state index contributed by atoms with van der Waals surface area (Å²) in [6.07, 6.45) is -1.74. The third kappa shape index (κ3) is 3.67. The average molecular weight is 352 g/mol. The van der Waals surface area contributed by atoms with Crippen LogP contribution < -0.4 is 0 Å². The Morgan fingerprint density at radius 2 is 1.52 bits per heavy atom. The number of hydrogen-bond donors (Lipinski definition) is 0. The van der Waals surface area contributed by atoms with Crippen molar-refractivity contribution >= 4 is 11.8 Å². The number of rotatable bonds is 2. The molecule has 8 heteroatoms. The summed E-state index contributed by atoms with van der Waals surface area (Å²) in [5.74, 6) is -0.665. The zero-order valence-corrected chi connectivity index (χ0v) is 13.1. The van der Waals surface area contributed by atoms with Gasteiger partial charge in [0.15, 0.2) is 0 Å². The molecule has 25 heavy (non-hydrogen) atoms. The van der Waals surface area contributed by atoms with Crippen LogP contribution in [-0.4, -0.2) is 47.8 Å². The van der Waals surface area contributed by atoms with Gasteiger partial charge in [-0.3, -0.25) is 9.59 Å². The van der Waals surface area contributed by atoms with Crippen molar-refractivity contribution in [2.24, 2.45) is 0 Å². The highest BCUT2D eigenvalue weighted by Crippen LogP contribution is 2.29. The maximum Gasteiger partial charge on any atom is 0.416 e. The summed E-state index contributed by atoms with van der Waals surface area (Å²) in [6, 6.07) is 5.92. The first kappa shape index (κ1) is 17.1. The molecule has 0 N–H and O–H groups in total. The molecule has 5 nitrogen and oxygen atoms in total. The normalized spacial score (nSPS) is 15.3. The van der Waals surface area contributed by atoms with E-state index in [1.807, 2.05) is 0 Å². The van der Waals surface area contributed by atoms with Crippen molar-refractivity contribution in [3.63, 3.8) is 0 Å². The molecular formula is C17H15F3N2O3. The third-order valence-electron chi connectivity index (χ3n) is 4.06. The van der Waals surface area contributed by atoms with Gasteiger partial charge in [-0.15, -0.1) is 0 Å². The van der Waals surface area contributed by atoms with Gasteiger partial charge in [-0.2, -0.15) is 13.2 Å². The standard InChI is InChI=1S/C17H15F3N2O3/c18-17(19,20)14-3-1-2-12(10-14)15(23)21-5-7-22(8-6-21)16(24)13-4-9-25-11-13/h1-4,9-11H,5-8H2. The Hall–Kier alpha value is -2.77. The van der Waals surface area contributed by atoms with E-state index < -0.39 is 17.6 Å². The Balaban J connectivity index is 1.65. The molecule has 1 aliphatic rings. The predicted molar refractivity (Wildman–Crippen MR) is 82.0 cm³/mol. The second-order valence-electron chi connectivity index (χ2n) is 5.67. The zero-order valence-electron chi connectivity index (χ0n) is 13.1. The van der Waals surface area contributed by atoms with E-state index in [-0.39, 0.29) is 24.6 Å². The average Bonchev–Trinajstić information content (AvgIpc) is 3.15. The maximum absolute atomic E-state index is 12.8. The number of piperazine rings is 1. The van der Waals surface area contributed by atoms with Crippen LogP contribution in [0.1, 0.15) is 26.3 Å². The molecule has 1 aromatic heterocycles. The first-order valence-electron chi connectivity index (χ1n) is 7.64. The summed E-state index contributed by atoms with van der Waals surface area (Å²) in [5, 5.41) is 0. The van der Waals surface area contributed by atoms with E-state index in [1.54, 1.807) is 11.0 Å². The summed E-state index contributed by atoms with van der Waals surface area (Å²) >= 11 is 0. The van der Waals surface area contributed by atoms with E-state index in [0.29, 0.717) is 18.7 Å². The molecule has 0 saturated carbocycles. The van der Waals surface area contributed by atoms with Crippen molar-refractivity contribution in [2.45, 2.75) is 6.18 Å². The number of benzene rings is 1. The maximum atomic E-state index is 12.8. The van der Waals surface area contributed by atoms with E-state index in [4.69, 9.17) is 4.42 Å². The van der Waals surface area contributed by atoms with Gasteiger partial charge in [-0.05, 0) is 24.3 Å². The van der Waals surface area contributed by atoms with Crippen molar-refractivity contribution in [1.82, 2.24) is 9.80 Å². The molecule has 3 rings (SSSR count). The molecule has 1 fully saturated rings. The van der Waals surface area contributed by atoms with E-state index in [9.17, 15) is 22.8 Å². The lowest BCUT2D eigenvalue weighted by atomic mass is 10.1. The number of furan rings is 1. The fourth-order valence-electron chi connectivity index (χ4n) is 2.69. The van der Waals surface area contributed by atoms with Crippen LogP contribution in [0.4, 0.5) is 13.2 Å². The number of carbonyl (C=O) groups excluding carboxylic acids is 2. The second kappa shape index (κ2) is 6.62. The highest BCUT2D eigenvalue weighted by Gasteiger charge is 2.32. The van der Waals surface area contributed by atoms with Crippen LogP contribution in [-0.2, 0) is 6.18 Å². The van der Waals surface area contributed by atoms with Crippen LogP contribution in [0.2, 0.25) is 0 Å². The van der Waals surface area contributed by atoms with Crippen molar-refractivity contribution in [3.8, 4) is 0 Å². The van der Waals surface area contributed by atoms with Gasteiger partial charge in [-0.25, -0.2) is 0 Å². The topological polar surface area (TPSA) is 53.8 Å². The van der Waals surface area contributed by atoms with Gasteiger partial charge in [0.1, 0.15) is 6.26 Å². The number of nitrogens with zero attached hydrogens (tertiary/aromatic N) is 2. The first-order valence-corrected chi connectivity index (χ1v) is 7.64. The summed E-state index contributed by atoms with van der Waals surface area (Å²) in [6.45, 7) is 1.15. The van der Waals surface area contributed by atoms with Gasteiger partial charge in [0, 0.05) is 31.7 Å². The van der Waals surface area contributed by atoms with Gasteiger partial charge < -0.3 is 14.2 Å². The molecule has 0 aliphatic carbocycles. The van der Waals surface area contributed by atoms with Crippen LogP contribution in [0, 0.1) is 0 Å². The van der Waals surface area contributed by atoms with Crippen LogP contribution in [0.3, 0.4) is 0 Å². The lowest BCUT2D eigenvalue weighted by molar-refractivity contribution is -0.137. The van der Waals surface area contributed by atoms with Crippen LogP contribution in [0.25, 0.3) is 0 Å². The largest absolute Gasteiger partial charge is 0.472 e. The van der Waals surface area contributed by atoms with Gasteiger partial charge >= 0.3 is 6.18 Å². The highest BCUT2D eigenvalue weighted by atomic mass is 19.4. The highest BCUT2D eigenvalue weighted by molar-refractivity contribution is 5.96. The fourth-order valence-corrected chi connectivity index (χ4v) is 2.69. The Bertz CT molecular complexity index is 764. The van der Waals surface area contributed by atoms with Gasteiger partial charge in [0.25, 0.3) is 11.8 Å². The molecule has 1 saturated heterocycles. The lowest BCUT2D eigenvalue weighted by Gasteiger charge is -2.34. The van der Waals surface area contributed by atoms with E-state index in [1.165, 1.54) is 29.6 Å². The predicted octanol–water partition coefficient (Wildman–Crippen LogP) is 2.90. The molecule has 1 aliphatic heterocycles. The number of amides is 2. The Morgan fingerprint density at radius 1 is 0.920 bits per heavy atom. The fraction of sp³-hybridized carbons (Fsp3) is 0.294. The quantitative estimate of drug-likeness (QED) is 0.835. The number of alkyl halides is 3. The van der Waals surface area contributed by atoms with Crippen molar-refractivity contribution in [2.75, 3.05) is 26.2 Å².